The van der Waals surface area contributed by atoms with Crippen LogP contribution in [0.3, 0.4) is 0 Å². The van der Waals surface area contributed by atoms with Crippen molar-refractivity contribution in [1.82, 2.24) is 19.9 Å². The largest absolute Gasteiger partial charge is 0.347 e. The van der Waals surface area contributed by atoms with Crippen molar-refractivity contribution in [2.75, 3.05) is 45.4 Å². The van der Waals surface area contributed by atoms with Crippen molar-refractivity contribution in [2.45, 2.75) is 5.16 Å². The first-order chi connectivity index (χ1) is 7.49. The van der Waals surface area contributed by atoms with E-state index in [0.717, 1.165) is 12.3 Å². The monoisotopic (exact) mass is 261 g/mol. The highest BCUT2D eigenvalue weighted by atomic mass is 35.5. The lowest BCUT2D eigenvalue weighted by Gasteiger charge is -2.11. The highest BCUT2D eigenvalue weighted by Crippen LogP contribution is 2.17. The Balaban J connectivity index is 2.65. The molecule has 90 valence electrons. The van der Waals surface area contributed by atoms with Gasteiger partial charge >= 0.3 is 0 Å². The first-order valence-corrected chi connectivity index (χ1v) is 6.22. The standard InChI is InChI=1S/C9H16ClN5S/c1-14(2)5-6-16-9-12-7(10)11-8(13-9)15(3)4/h5-6H2,1-4H3. The normalized spacial score (nSPS) is 10.9. The fraction of sp³-hybridized carbons (Fsp3) is 0.667. The molecule has 1 aromatic heterocycles. The molecule has 0 bridgehead atoms. The van der Waals surface area contributed by atoms with Gasteiger partial charge in [0.2, 0.25) is 11.2 Å². The molecule has 0 aliphatic heterocycles. The Morgan fingerprint density at radius 1 is 1.12 bits per heavy atom. The molecule has 16 heavy (non-hydrogen) atoms. The van der Waals surface area contributed by atoms with Gasteiger partial charge in [0.25, 0.3) is 0 Å². The van der Waals surface area contributed by atoms with Gasteiger partial charge in [-0.1, -0.05) is 11.8 Å². The lowest BCUT2D eigenvalue weighted by atomic mass is 10.7. The van der Waals surface area contributed by atoms with Crippen LogP contribution in [0.1, 0.15) is 0 Å². The van der Waals surface area contributed by atoms with Gasteiger partial charge in [-0.25, -0.2) is 0 Å². The molecule has 1 aromatic rings. The average molecular weight is 262 g/mol. The van der Waals surface area contributed by atoms with E-state index >= 15 is 0 Å². The maximum absolute atomic E-state index is 5.82. The Morgan fingerprint density at radius 2 is 1.81 bits per heavy atom. The Morgan fingerprint density at radius 3 is 2.38 bits per heavy atom. The first kappa shape index (κ1) is 13.5. The zero-order valence-corrected chi connectivity index (χ0v) is 11.5. The fourth-order valence-corrected chi connectivity index (χ4v) is 2.05. The van der Waals surface area contributed by atoms with Crippen molar-refractivity contribution < 1.29 is 0 Å². The molecule has 0 radical (unpaired) electrons. The molecular formula is C9H16ClN5S. The predicted octanol–water partition coefficient (Wildman–Crippen LogP) is 1.24. The van der Waals surface area contributed by atoms with Gasteiger partial charge in [-0.2, -0.15) is 15.0 Å². The van der Waals surface area contributed by atoms with Crippen molar-refractivity contribution in [3.05, 3.63) is 5.28 Å². The summed E-state index contributed by atoms with van der Waals surface area (Å²) >= 11 is 7.40. The van der Waals surface area contributed by atoms with E-state index in [0.29, 0.717) is 11.1 Å². The van der Waals surface area contributed by atoms with Crippen LogP contribution in [-0.2, 0) is 0 Å². The van der Waals surface area contributed by atoms with Gasteiger partial charge in [0.15, 0.2) is 5.16 Å². The van der Waals surface area contributed by atoms with Gasteiger partial charge in [-0.15, -0.1) is 0 Å². The maximum atomic E-state index is 5.82. The second kappa shape index (κ2) is 6.22. The molecule has 0 unspecified atom stereocenters. The van der Waals surface area contributed by atoms with E-state index in [2.05, 4.69) is 19.9 Å². The van der Waals surface area contributed by atoms with Crippen LogP contribution in [0.4, 0.5) is 5.95 Å². The van der Waals surface area contributed by atoms with Gasteiger partial charge in [0, 0.05) is 26.4 Å². The van der Waals surface area contributed by atoms with E-state index in [9.17, 15) is 0 Å². The first-order valence-electron chi connectivity index (χ1n) is 4.85. The fourth-order valence-electron chi connectivity index (χ4n) is 0.906. The molecule has 1 heterocycles. The van der Waals surface area contributed by atoms with Crippen LogP contribution < -0.4 is 4.90 Å². The van der Waals surface area contributed by atoms with Crippen LogP contribution in [0.5, 0.6) is 0 Å². The van der Waals surface area contributed by atoms with Crippen molar-refractivity contribution in [3.8, 4) is 0 Å². The topological polar surface area (TPSA) is 45.2 Å². The second-order valence-corrected chi connectivity index (χ2v) is 5.13. The molecule has 0 aliphatic rings. The van der Waals surface area contributed by atoms with Gasteiger partial charge in [0.05, 0.1) is 0 Å². The highest BCUT2D eigenvalue weighted by molar-refractivity contribution is 7.99. The molecular weight excluding hydrogens is 246 g/mol. The van der Waals surface area contributed by atoms with E-state index in [1.807, 2.05) is 33.1 Å². The van der Waals surface area contributed by atoms with Crippen LogP contribution in [0, 0.1) is 0 Å². The smallest absolute Gasteiger partial charge is 0.230 e. The van der Waals surface area contributed by atoms with Crippen molar-refractivity contribution in [2.24, 2.45) is 0 Å². The minimum absolute atomic E-state index is 0.242. The number of hydrogen-bond acceptors (Lipinski definition) is 6. The second-order valence-electron chi connectivity index (χ2n) is 3.73. The Labute approximate surface area is 105 Å². The summed E-state index contributed by atoms with van der Waals surface area (Å²) in [6, 6.07) is 0. The third kappa shape index (κ3) is 4.51. The minimum atomic E-state index is 0.242. The number of hydrogen-bond donors (Lipinski definition) is 0. The van der Waals surface area contributed by atoms with Gasteiger partial charge in [0.1, 0.15) is 0 Å². The molecule has 0 atom stereocenters. The van der Waals surface area contributed by atoms with E-state index in [4.69, 9.17) is 11.6 Å². The average Bonchev–Trinajstić information content (AvgIpc) is 2.16. The summed E-state index contributed by atoms with van der Waals surface area (Å²) in [6.45, 7) is 0.977. The number of halogens is 1. The lowest BCUT2D eigenvalue weighted by molar-refractivity contribution is 0.437. The van der Waals surface area contributed by atoms with Gasteiger partial charge in [-0.3, -0.25) is 0 Å². The summed E-state index contributed by atoms with van der Waals surface area (Å²) in [7, 11) is 7.82. The number of nitrogens with zero attached hydrogens (tertiary/aromatic N) is 5. The number of aromatic nitrogens is 3. The summed E-state index contributed by atoms with van der Waals surface area (Å²) in [5.41, 5.74) is 0. The molecule has 7 heteroatoms. The molecule has 1 rings (SSSR count). The number of anilines is 1. The summed E-state index contributed by atoms with van der Waals surface area (Å²) in [5, 5.41) is 0.914. The van der Waals surface area contributed by atoms with Crippen molar-refractivity contribution >= 4 is 29.3 Å². The Hall–Kier alpha value is -0.590. The molecule has 0 N–H and O–H groups in total. The van der Waals surface area contributed by atoms with Crippen molar-refractivity contribution in [1.29, 1.82) is 0 Å². The molecule has 0 saturated carbocycles. The van der Waals surface area contributed by atoms with E-state index in [1.54, 1.807) is 11.8 Å². The zero-order chi connectivity index (χ0) is 12.1. The predicted molar refractivity (Wildman–Crippen MR) is 68.4 cm³/mol. The van der Waals surface area contributed by atoms with Crippen LogP contribution in [0.25, 0.3) is 0 Å². The summed E-state index contributed by atoms with van der Waals surface area (Å²) < 4.78 is 0. The van der Waals surface area contributed by atoms with Crippen LogP contribution in [0.15, 0.2) is 5.16 Å². The summed E-state index contributed by atoms with van der Waals surface area (Å²) in [5.74, 6) is 1.52. The number of rotatable bonds is 5. The molecule has 0 aromatic carbocycles. The summed E-state index contributed by atoms with van der Waals surface area (Å²) in [6.07, 6.45) is 0. The maximum Gasteiger partial charge on any atom is 0.230 e. The molecule has 0 spiro atoms. The van der Waals surface area contributed by atoms with Crippen LogP contribution in [-0.4, -0.2) is 60.3 Å². The molecule has 5 nitrogen and oxygen atoms in total. The molecule has 0 saturated heterocycles. The van der Waals surface area contributed by atoms with Crippen molar-refractivity contribution in [3.63, 3.8) is 0 Å². The van der Waals surface area contributed by atoms with Gasteiger partial charge < -0.3 is 9.80 Å². The number of thioether (sulfide) groups is 1. The SMILES string of the molecule is CN(C)CCSc1nc(Cl)nc(N(C)C)n1. The molecule has 0 fully saturated rings. The van der Waals surface area contributed by atoms with E-state index in [-0.39, 0.29) is 5.28 Å². The van der Waals surface area contributed by atoms with E-state index in [1.165, 1.54) is 0 Å². The lowest BCUT2D eigenvalue weighted by Crippen LogP contribution is -2.16. The van der Waals surface area contributed by atoms with Crippen LogP contribution in [0.2, 0.25) is 5.28 Å². The summed E-state index contributed by atoms with van der Waals surface area (Å²) in [4.78, 5) is 16.3. The third-order valence-corrected chi connectivity index (χ3v) is 2.74. The van der Waals surface area contributed by atoms with Gasteiger partial charge in [-0.05, 0) is 25.7 Å². The third-order valence-electron chi connectivity index (χ3n) is 1.75. The minimum Gasteiger partial charge on any atom is -0.347 e. The highest BCUT2D eigenvalue weighted by Gasteiger charge is 2.07. The Bertz CT molecular complexity index is 345. The molecule has 0 aliphatic carbocycles. The van der Waals surface area contributed by atoms with Crippen LogP contribution >= 0.6 is 23.4 Å². The Kier molecular flexibility index (Phi) is 5.24. The quantitative estimate of drug-likeness (QED) is 0.744. The van der Waals surface area contributed by atoms with E-state index < -0.39 is 0 Å². The zero-order valence-electron chi connectivity index (χ0n) is 9.94. The molecule has 0 amide bonds.